The van der Waals surface area contributed by atoms with Crippen LogP contribution >= 0.6 is 11.3 Å². The van der Waals surface area contributed by atoms with Crippen molar-refractivity contribution in [3.8, 4) is 34.5 Å². The van der Waals surface area contributed by atoms with Gasteiger partial charge in [0, 0.05) is 36.6 Å². The van der Waals surface area contributed by atoms with Crippen molar-refractivity contribution < 1.29 is 14.2 Å². The molecule has 4 heterocycles. The van der Waals surface area contributed by atoms with Gasteiger partial charge in [-0.15, -0.1) is 11.3 Å². The third-order valence-electron chi connectivity index (χ3n) is 6.19. The normalized spacial score (nSPS) is 14.3. The quantitative estimate of drug-likeness (QED) is 0.345. The lowest BCUT2D eigenvalue weighted by molar-refractivity contribution is 0.445. The molecule has 3 aliphatic rings. The van der Waals surface area contributed by atoms with Crippen molar-refractivity contribution >= 4 is 54.6 Å². The highest BCUT2D eigenvalue weighted by atomic mass is 32.1. The molecule has 0 aliphatic carbocycles. The average Bonchev–Trinajstić information content (AvgIpc) is 3.12. The zero-order valence-corrected chi connectivity index (χ0v) is 15.9. The van der Waals surface area contributed by atoms with Gasteiger partial charge >= 0.3 is 0 Å². The highest BCUT2D eigenvalue weighted by Gasteiger charge is 2.47. The fraction of sp³-hybridized carbons (Fsp3) is 0. The van der Waals surface area contributed by atoms with E-state index in [1.54, 1.807) is 11.3 Å². The number of ether oxygens (including phenoxy) is 3. The predicted octanol–water partition coefficient (Wildman–Crippen LogP) is 4.89. The summed E-state index contributed by atoms with van der Waals surface area (Å²) in [4.78, 5) is 0. The fourth-order valence-corrected chi connectivity index (χ4v) is 6.19. The molecule has 0 radical (unpaired) electrons. The van der Waals surface area contributed by atoms with Gasteiger partial charge in [0.05, 0.1) is 0 Å². The zero-order valence-electron chi connectivity index (χ0n) is 15.1. The second-order valence-electron chi connectivity index (χ2n) is 7.66. The molecule has 29 heavy (non-hydrogen) atoms. The van der Waals surface area contributed by atoms with E-state index in [-0.39, 0.29) is 6.71 Å². The largest absolute Gasteiger partial charge is 0.458 e. The number of hydrogen-bond donors (Lipinski definition) is 0. The van der Waals surface area contributed by atoms with Gasteiger partial charge in [-0.25, -0.2) is 0 Å². The molecule has 0 unspecified atom stereocenters. The molecule has 0 fully saturated rings. The molecule has 8 rings (SSSR count). The van der Waals surface area contributed by atoms with Crippen molar-refractivity contribution in [3.63, 3.8) is 0 Å². The summed E-state index contributed by atoms with van der Waals surface area (Å²) in [6.45, 7) is 0.0664. The summed E-state index contributed by atoms with van der Waals surface area (Å²) in [7, 11) is 0. The van der Waals surface area contributed by atoms with Gasteiger partial charge < -0.3 is 14.2 Å². The molecular weight excluding hydrogens is 379 g/mol. The Bertz CT molecular complexity index is 1530. The van der Waals surface area contributed by atoms with Crippen molar-refractivity contribution in [1.29, 1.82) is 0 Å². The molecule has 0 atom stereocenters. The Balaban J connectivity index is 1.59. The van der Waals surface area contributed by atoms with Crippen molar-refractivity contribution in [1.82, 2.24) is 0 Å². The van der Waals surface area contributed by atoms with E-state index < -0.39 is 0 Å². The molecule has 0 saturated heterocycles. The highest BCUT2D eigenvalue weighted by molar-refractivity contribution is 7.26. The van der Waals surface area contributed by atoms with E-state index >= 15 is 0 Å². The van der Waals surface area contributed by atoms with Crippen LogP contribution in [0.5, 0.6) is 34.5 Å². The molecule has 5 aromatic rings. The van der Waals surface area contributed by atoms with Crippen LogP contribution in [0.15, 0.2) is 66.7 Å². The molecule has 0 spiro atoms. The molecular formula is C24H11BO3S. The number of rotatable bonds is 0. The summed E-state index contributed by atoms with van der Waals surface area (Å²) in [5.74, 6) is 5.28. The minimum absolute atomic E-state index is 0.0664. The minimum Gasteiger partial charge on any atom is -0.458 e. The maximum absolute atomic E-state index is 6.58. The van der Waals surface area contributed by atoms with E-state index in [4.69, 9.17) is 14.2 Å². The molecule has 0 bridgehead atoms. The van der Waals surface area contributed by atoms with Crippen LogP contribution < -0.4 is 30.6 Å². The summed E-state index contributed by atoms with van der Waals surface area (Å²) in [5, 5.41) is 2.41. The Labute approximate surface area is 170 Å². The van der Waals surface area contributed by atoms with Gasteiger partial charge in [-0.3, -0.25) is 0 Å². The lowest BCUT2D eigenvalue weighted by Crippen LogP contribution is -2.59. The molecule has 5 heteroatoms. The number of benzene rings is 4. The first-order valence-corrected chi connectivity index (χ1v) is 10.5. The van der Waals surface area contributed by atoms with E-state index in [0.717, 1.165) is 50.9 Å². The first kappa shape index (κ1) is 14.5. The summed E-state index contributed by atoms with van der Waals surface area (Å²) in [5.41, 5.74) is 3.32. The third kappa shape index (κ3) is 1.63. The molecule has 3 aliphatic heterocycles. The summed E-state index contributed by atoms with van der Waals surface area (Å²) in [6, 6.07) is 22.8. The van der Waals surface area contributed by atoms with Crippen LogP contribution in [-0.4, -0.2) is 6.71 Å². The summed E-state index contributed by atoms with van der Waals surface area (Å²) < 4.78 is 21.7. The second-order valence-corrected chi connectivity index (χ2v) is 8.75. The Morgan fingerprint density at radius 2 is 1.24 bits per heavy atom. The molecule has 0 amide bonds. The van der Waals surface area contributed by atoms with Gasteiger partial charge in [-0.1, -0.05) is 30.3 Å². The van der Waals surface area contributed by atoms with Gasteiger partial charge in [-0.2, -0.15) is 0 Å². The lowest BCUT2D eigenvalue weighted by atomic mass is 9.34. The summed E-state index contributed by atoms with van der Waals surface area (Å²) >= 11 is 1.78. The lowest BCUT2D eigenvalue weighted by Gasteiger charge is -2.37. The zero-order chi connectivity index (χ0) is 18.7. The number of hydrogen-bond acceptors (Lipinski definition) is 4. The summed E-state index contributed by atoms with van der Waals surface area (Å²) in [6.07, 6.45) is 0. The van der Waals surface area contributed by atoms with E-state index in [0.29, 0.717) is 0 Å². The minimum atomic E-state index is 0.0664. The van der Waals surface area contributed by atoms with Crippen LogP contribution in [0, 0.1) is 0 Å². The monoisotopic (exact) mass is 390 g/mol. The van der Waals surface area contributed by atoms with Crippen molar-refractivity contribution in [3.05, 3.63) is 66.7 Å². The van der Waals surface area contributed by atoms with Crippen LogP contribution in [0.25, 0.3) is 20.2 Å². The fourth-order valence-electron chi connectivity index (χ4n) is 5.06. The predicted molar refractivity (Wildman–Crippen MR) is 117 cm³/mol. The SMILES string of the molecule is c1cc2c3c(c1)Oc1cc4sc5ccccc5c4c4c1B3c1c(cccc1O4)O2. The maximum atomic E-state index is 6.58. The number of fused-ring (bicyclic) bond motifs is 4. The van der Waals surface area contributed by atoms with Gasteiger partial charge in [0.1, 0.15) is 34.5 Å². The van der Waals surface area contributed by atoms with Crippen molar-refractivity contribution in [2.45, 2.75) is 0 Å². The van der Waals surface area contributed by atoms with Gasteiger partial charge in [0.15, 0.2) is 0 Å². The van der Waals surface area contributed by atoms with E-state index in [1.165, 1.54) is 20.2 Å². The van der Waals surface area contributed by atoms with E-state index in [9.17, 15) is 0 Å². The standard InChI is InChI=1S/C24H11BO3S/c1-2-10-18-12(5-1)20-19(29-18)11-17-23-24(20)28-16-9-4-7-14-22(16)25(23)21-13(26-14)6-3-8-15(21)27-17/h1-11H. The molecule has 1 aromatic heterocycles. The molecule has 0 N–H and O–H groups in total. The van der Waals surface area contributed by atoms with E-state index in [1.807, 2.05) is 36.4 Å². The van der Waals surface area contributed by atoms with Crippen LogP contribution in [0.4, 0.5) is 0 Å². The van der Waals surface area contributed by atoms with Crippen LogP contribution in [0.3, 0.4) is 0 Å². The van der Waals surface area contributed by atoms with Gasteiger partial charge in [0.2, 0.25) is 0 Å². The Kier molecular flexibility index (Phi) is 2.38. The smallest absolute Gasteiger partial charge is 0.270 e. The van der Waals surface area contributed by atoms with Crippen molar-refractivity contribution in [2.24, 2.45) is 0 Å². The molecule has 4 aromatic carbocycles. The van der Waals surface area contributed by atoms with Crippen LogP contribution in [0.2, 0.25) is 0 Å². The Morgan fingerprint density at radius 1 is 0.586 bits per heavy atom. The van der Waals surface area contributed by atoms with Crippen LogP contribution in [-0.2, 0) is 0 Å². The first-order valence-electron chi connectivity index (χ1n) is 9.64. The first-order chi connectivity index (χ1) is 14.4. The average molecular weight is 390 g/mol. The Hall–Kier alpha value is -3.44. The number of thiophene rings is 1. The van der Waals surface area contributed by atoms with E-state index in [2.05, 4.69) is 30.3 Å². The Morgan fingerprint density at radius 3 is 2.00 bits per heavy atom. The maximum Gasteiger partial charge on any atom is 0.270 e. The molecule has 3 nitrogen and oxygen atoms in total. The third-order valence-corrected chi connectivity index (χ3v) is 7.31. The molecule has 0 saturated carbocycles. The van der Waals surface area contributed by atoms with Gasteiger partial charge in [-0.05, 0) is 36.4 Å². The highest BCUT2D eigenvalue weighted by Crippen LogP contribution is 2.47. The van der Waals surface area contributed by atoms with Gasteiger partial charge in [0.25, 0.3) is 6.71 Å². The van der Waals surface area contributed by atoms with Crippen LogP contribution in [0.1, 0.15) is 0 Å². The second kappa shape index (κ2) is 4.75. The topological polar surface area (TPSA) is 27.7 Å². The van der Waals surface area contributed by atoms with Crippen molar-refractivity contribution in [2.75, 3.05) is 0 Å². The molecule has 134 valence electrons.